The zero-order valence-electron chi connectivity index (χ0n) is 17.6. The Kier molecular flexibility index (Phi) is 8.03. The molecule has 0 aliphatic rings. The number of nitrogens with one attached hydrogen (secondary N) is 2. The van der Waals surface area contributed by atoms with Gasteiger partial charge in [-0.3, -0.25) is 0 Å². The van der Waals surface area contributed by atoms with Crippen molar-refractivity contribution in [3.05, 3.63) is 60.2 Å². The van der Waals surface area contributed by atoms with Gasteiger partial charge in [-0.1, -0.05) is 12.1 Å². The smallest absolute Gasteiger partial charge is 0.230 e. The number of sulfonamides is 1. The molecule has 1 heterocycles. The van der Waals surface area contributed by atoms with Gasteiger partial charge in [-0.05, 0) is 49.2 Å². The third kappa shape index (κ3) is 6.67. The fourth-order valence-electron chi connectivity index (χ4n) is 2.97. The highest BCUT2D eigenvalue weighted by molar-refractivity contribution is 7.88. The SMILES string of the molecule is COc1cc(F)ccc1-c1ncnc(Nc2cccc(CS(=O)(=O)NCCCCN)c2)n1. The summed E-state index contributed by atoms with van der Waals surface area (Å²) in [6.45, 7) is 0.889. The Bertz CT molecular complexity index is 1160. The van der Waals surface area contributed by atoms with Gasteiger partial charge in [0.15, 0.2) is 5.82 Å². The van der Waals surface area contributed by atoms with Gasteiger partial charge < -0.3 is 15.8 Å². The van der Waals surface area contributed by atoms with E-state index in [0.717, 1.165) is 6.42 Å². The number of methoxy groups -OCH3 is 1. The van der Waals surface area contributed by atoms with Gasteiger partial charge in [-0.2, -0.15) is 4.98 Å². The minimum Gasteiger partial charge on any atom is -0.496 e. The first-order valence-corrected chi connectivity index (χ1v) is 11.6. The van der Waals surface area contributed by atoms with Crippen LogP contribution in [0.1, 0.15) is 18.4 Å². The lowest BCUT2D eigenvalue weighted by Crippen LogP contribution is -2.26. The van der Waals surface area contributed by atoms with Crippen molar-refractivity contribution >= 4 is 21.7 Å². The minimum atomic E-state index is -3.46. The normalized spacial score (nSPS) is 11.3. The molecule has 3 rings (SSSR count). The van der Waals surface area contributed by atoms with Gasteiger partial charge in [-0.25, -0.2) is 27.5 Å². The summed E-state index contributed by atoms with van der Waals surface area (Å²) in [6.07, 6.45) is 2.78. The van der Waals surface area contributed by atoms with Gasteiger partial charge >= 0.3 is 0 Å². The molecule has 11 heteroatoms. The van der Waals surface area contributed by atoms with Crippen LogP contribution in [0.5, 0.6) is 5.75 Å². The highest BCUT2D eigenvalue weighted by Gasteiger charge is 2.13. The van der Waals surface area contributed by atoms with Crippen LogP contribution in [0.15, 0.2) is 48.8 Å². The summed E-state index contributed by atoms with van der Waals surface area (Å²) in [4.78, 5) is 12.6. The summed E-state index contributed by atoms with van der Waals surface area (Å²) < 4.78 is 45.8. The first-order valence-electron chi connectivity index (χ1n) is 9.96. The van der Waals surface area contributed by atoms with Crippen LogP contribution in [0.2, 0.25) is 0 Å². The maximum atomic E-state index is 13.5. The molecule has 0 unspecified atom stereocenters. The number of ether oxygens (including phenoxy) is 1. The minimum absolute atomic E-state index is 0.152. The third-order valence-electron chi connectivity index (χ3n) is 4.47. The van der Waals surface area contributed by atoms with Crippen molar-refractivity contribution in [1.82, 2.24) is 19.7 Å². The second-order valence-electron chi connectivity index (χ2n) is 6.95. The molecule has 2 aromatic carbocycles. The van der Waals surface area contributed by atoms with Crippen molar-refractivity contribution in [2.45, 2.75) is 18.6 Å². The molecule has 0 atom stereocenters. The van der Waals surface area contributed by atoms with Crippen molar-refractivity contribution < 1.29 is 17.5 Å². The summed E-state index contributed by atoms with van der Waals surface area (Å²) in [5.41, 5.74) is 7.16. The van der Waals surface area contributed by atoms with E-state index in [1.807, 2.05) is 0 Å². The molecule has 0 fully saturated rings. The molecule has 3 aromatic rings. The van der Waals surface area contributed by atoms with Crippen molar-refractivity contribution in [3.8, 4) is 17.1 Å². The standard InChI is InChI=1S/C21H25FN6O3S/c1-31-19-12-16(22)7-8-18(19)20-24-14-25-21(28-20)27-17-6-4-5-15(11-17)13-32(29,30)26-10-3-2-9-23/h4-8,11-12,14,26H,2-3,9-10,13,23H2,1H3,(H,24,25,27,28). The maximum absolute atomic E-state index is 13.5. The molecule has 0 amide bonds. The Labute approximate surface area is 186 Å². The largest absolute Gasteiger partial charge is 0.496 e. The fourth-order valence-corrected chi connectivity index (χ4v) is 4.15. The Morgan fingerprint density at radius 3 is 2.75 bits per heavy atom. The molecule has 0 saturated heterocycles. The lowest BCUT2D eigenvalue weighted by Gasteiger charge is -2.10. The van der Waals surface area contributed by atoms with Crippen molar-refractivity contribution in [1.29, 1.82) is 0 Å². The number of unbranched alkanes of at least 4 members (excludes halogenated alkanes) is 1. The Morgan fingerprint density at radius 2 is 1.97 bits per heavy atom. The average molecular weight is 461 g/mol. The van der Waals surface area contributed by atoms with Crippen LogP contribution >= 0.6 is 0 Å². The second-order valence-corrected chi connectivity index (χ2v) is 8.76. The highest BCUT2D eigenvalue weighted by atomic mass is 32.2. The van der Waals surface area contributed by atoms with Crippen LogP contribution < -0.4 is 20.5 Å². The van der Waals surface area contributed by atoms with E-state index >= 15 is 0 Å². The number of aromatic nitrogens is 3. The molecular weight excluding hydrogens is 435 g/mol. The van der Waals surface area contributed by atoms with Gasteiger partial charge in [-0.15, -0.1) is 0 Å². The van der Waals surface area contributed by atoms with Crippen LogP contribution in [-0.4, -0.2) is 43.6 Å². The molecule has 4 N–H and O–H groups in total. The van der Waals surface area contributed by atoms with Crippen molar-refractivity contribution in [2.75, 3.05) is 25.5 Å². The number of hydrogen-bond donors (Lipinski definition) is 3. The Hall–Kier alpha value is -3.15. The first-order chi connectivity index (χ1) is 15.4. The van der Waals surface area contributed by atoms with E-state index in [1.165, 1.54) is 31.6 Å². The topological polar surface area (TPSA) is 132 Å². The van der Waals surface area contributed by atoms with E-state index in [-0.39, 0.29) is 11.7 Å². The highest BCUT2D eigenvalue weighted by Crippen LogP contribution is 2.28. The van der Waals surface area contributed by atoms with Crippen molar-refractivity contribution in [3.63, 3.8) is 0 Å². The molecule has 0 aliphatic heterocycles. The number of benzene rings is 2. The number of halogens is 1. The number of nitrogens with two attached hydrogens (primary N) is 1. The van der Waals surface area contributed by atoms with E-state index < -0.39 is 15.8 Å². The lowest BCUT2D eigenvalue weighted by molar-refractivity contribution is 0.412. The zero-order valence-corrected chi connectivity index (χ0v) is 18.4. The molecular formula is C21H25FN6O3S. The van der Waals surface area contributed by atoms with Gasteiger partial charge in [0.05, 0.1) is 18.4 Å². The van der Waals surface area contributed by atoms with Gasteiger partial charge in [0.25, 0.3) is 0 Å². The van der Waals surface area contributed by atoms with Gasteiger partial charge in [0.1, 0.15) is 17.9 Å². The van der Waals surface area contributed by atoms with E-state index in [2.05, 4.69) is 25.0 Å². The molecule has 32 heavy (non-hydrogen) atoms. The van der Waals surface area contributed by atoms with Crippen LogP contribution in [0, 0.1) is 5.82 Å². The van der Waals surface area contributed by atoms with Gasteiger partial charge in [0.2, 0.25) is 16.0 Å². The summed E-state index contributed by atoms with van der Waals surface area (Å²) in [6, 6.07) is 11.0. The number of hydrogen-bond acceptors (Lipinski definition) is 8. The van der Waals surface area contributed by atoms with Crippen molar-refractivity contribution in [2.24, 2.45) is 5.73 Å². The van der Waals surface area contributed by atoms with E-state index in [0.29, 0.717) is 47.9 Å². The quantitative estimate of drug-likeness (QED) is 0.372. The predicted octanol–water partition coefficient (Wildman–Crippen LogP) is 2.59. The van der Waals surface area contributed by atoms with Crippen LogP contribution in [0.25, 0.3) is 11.4 Å². The molecule has 0 spiro atoms. The molecule has 0 saturated carbocycles. The average Bonchev–Trinajstić information content (AvgIpc) is 2.77. The van der Waals surface area contributed by atoms with E-state index in [1.54, 1.807) is 24.3 Å². The summed E-state index contributed by atoms with van der Waals surface area (Å²) in [7, 11) is -2.03. The zero-order chi connectivity index (χ0) is 23.0. The van der Waals surface area contributed by atoms with Crippen LogP contribution in [0.3, 0.4) is 0 Å². The van der Waals surface area contributed by atoms with Crippen LogP contribution in [0.4, 0.5) is 16.0 Å². The number of nitrogens with zero attached hydrogens (tertiary/aromatic N) is 3. The Morgan fingerprint density at radius 1 is 1.12 bits per heavy atom. The molecule has 1 aromatic heterocycles. The summed E-state index contributed by atoms with van der Waals surface area (Å²) in [5.74, 6) is 0.272. The summed E-state index contributed by atoms with van der Waals surface area (Å²) in [5, 5.41) is 3.04. The van der Waals surface area contributed by atoms with E-state index in [4.69, 9.17) is 10.5 Å². The second kappa shape index (κ2) is 10.9. The predicted molar refractivity (Wildman–Crippen MR) is 120 cm³/mol. The summed E-state index contributed by atoms with van der Waals surface area (Å²) >= 11 is 0. The molecule has 0 aliphatic carbocycles. The molecule has 170 valence electrons. The maximum Gasteiger partial charge on any atom is 0.230 e. The third-order valence-corrected chi connectivity index (χ3v) is 5.83. The van der Waals surface area contributed by atoms with Gasteiger partial charge in [0, 0.05) is 18.3 Å². The number of anilines is 2. The van der Waals surface area contributed by atoms with E-state index in [9.17, 15) is 12.8 Å². The van der Waals surface area contributed by atoms with Crippen LogP contribution in [-0.2, 0) is 15.8 Å². The monoisotopic (exact) mass is 460 g/mol. The number of rotatable bonds is 11. The molecule has 9 nitrogen and oxygen atoms in total. The molecule has 0 bridgehead atoms. The lowest BCUT2D eigenvalue weighted by atomic mass is 10.2. The molecule has 0 radical (unpaired) electrons. The Balaban J connectivity index is 1.73. The first kappa shape index (κ1) is 23.5. The fraction of sp³-hybridized carbons (Fsp3) is 0.286.